The van der Waals surface area contributed by atoms with Gasteiger partial charge in [-0.2, -0.15) is 0 Å². The maximum absolute atomic E-state index is 12.8. The van der Waals surface area contributed by atoms with Gasteiger partial charge in [0, 0.05) is 24.6 Å². The summed E-state index contributed by atoms with van der Waals surface area (Å²) in [5.41, 5.74) is 2.02. The van der Waals surface area contributed by atoms with Crippen molar-refractivity contribution < 1.29 is 19.1 Å². The van der Waals surface area contributed by atoms with E-state index in [1.807, 2.05) is 36.4 Å². The van der Waals surface area contributed by atoms with Gasteiger partial charge in [-0.3, -0.25) is 9.59 Å². The van der Waals surface area contributed by atoms with E-state index in [2.05, 4.69) is 5.32 Å². The third-order valence-corrected chi connectivity index (χ3v) is 5.48. The highest BCUT2D eigenvalue weighted by atomic mass is 32.2. The second-order valence-corrected chi connectivity index (χ2v) is 7.85. The van der Waals surface area contributed by atoms with Gasteiger partial charge in [0.15, 0.2) is 11.5 Å². The fourth-order valence-corrected chi connectivity index (χ4v) is 3.45. The van der Waals surface area contributed by atoms with Crippen molar-refractivity contribution in [2.75, 3.05) is 26.5 Å². The van der Waals surface area contributed by atoms with E-state index in [1.165, 1.54) is 12.0 Å². The molecule has 3 aromatic rings. The Morgan fingerprint density at radius 2 is 1.65 bits per heavy atom. The fourth-order valence-electron chi connectivity index (χ4n) is 2.70. The van der Waals surface area contributed by atoms with E-state index in [0.717, 1.165) is 17.3 Å². The minimum atomic E-state index is -0.307. The lowest BCUT2D eigenvalue weighted by molar-refractivity contribution is 0.102. The second kappa shape index (κ2) is 10.5. The number of rotatable bonds is 7. The third kappa shape index (κ3) is 6.02. The molecule has 160 valence electrons. The molecule has 0 aliphatic heterocycles. The van der Waals surface area contributed by atoms with Gasteiger partial charge in [-0.15, -0.1) is 0 Å². The molecule has 3 rings (SSSR count). The molecule has 0 radical (unpaired) electrons. The van der Waals surface area contributed by atoms with Gasteiger partial charge in [-0.1, -0.05) is 42.5 Å². The Morgan fingerprint density at radius 1 is 0.935 bits per heavy atom. The van der Waals surface area contributed by atoms with Crippen molar-refractivity contribution in [3.05, 3.63) is 83.9 Å². The van der Waals surface area contributed by atoms with Gasteiger partial charge in [0.2, 0.25) is 0 Å². The molecule has 6 nitrogen and oxygen atoms in total. The zero-order valence-corrected chi connectivity index (χ0v) is 18.4. The number of nitrogens with one attached hydrogen (secondary N) is 1. The smallest absolute Gasteiger partial charge is 0.286 e. The fraction of sp³-hybridized carbons (Fsp3) is 0.167. The summed E-state index contributed by atoms with van der Waals surface area (Å²) in [5, 5.41) is 2.75. The molecule has 0 aromatic heterocycles. The number of hydrogen-bond donors (Lipinski definition) is 1. The van der Waals surface area contributed by atoms with Gasteiger partial charge < -0.3 is 19.7 Å². The molecule has 1 N–H and O–H groups in total. The van der Waals surface area contributed by atoms with Crippen LogP contribution in [0.5, 0.6) is 11.5 Å². The number of carbonyl (C=O) groups is 2. The predicted molar refractivity (Wildman–Crippen MR) is 123 cm³/mol. The van der Waals surface area contributed by atoms with Gasteiger partial charge in [0.05, 0.1) is 12.8 Å². The van der Waals surface area contributed by atoms with Crippen LogP contribution in [-0.4, -0.2) is 37.3 Å². The summed E-state index contributed by atoms with van der Waals surface area (Å²) in [6, 6.07) is 22.0. The number of methoxy groups -OCH3 is 1. The van der Waals surface area contributed by atoms with Crippen molar-refractivity contribution in [2.45, 2.75) is 11.5 Å². The number of ether oxygens (including phenoxy) is 2. The minimum Gasteiger partial charge on any atom is -0.493 e. The Kier molecular flexibility index (Phi) is 7.56. The van der Waals surface area contributed by atoms with Crippen molar-refractivity contribution in [3.8, 4) is 11.5 Å². The number of benzene rings is 3. The molecule has 31 heavy (non-hydrogen) atoms. The van der Waals surface area contributed by atoms with Crippen molar-refractivity contribution >= 4 is 28.6 Å². The molecule has 0 saturated heterocycles. The number of amides is 2. The number of thioether (sulfide) groups is 1. The van der Waals surface area contributed by atoms with Crippen LogP contribution >= 0.6 is 11.8 Å². The molecule has 0 unspecified atom stereocenters. The molecule has 0 spiro atoms. The molecule has 3 aromatic carbocycles. The number of anilines is 1. The molecule has 2 amide bonds. The summed E-state index contributed by atoms with van der Waals surface area (Å²) in [4.78, 5) is 27.0. The molecule has 0 atom stereocenters. The molecule has 7 heteroatoms. The molecule has 0 aliphatic rings. The predicted octanol–water partition coefficient (Wildman–Crippen LogP) is 5.30. The van der Waals surface area contributed by atoms with Crippen LogP contribution in [0.1, 0.15) is 15.9 Å². The maximum Gasteiger partial charge on any atom is 0.286 e. The van der Waals surface area contributed by atoms with Gasteiger partial charge in [0.1, 0.15) is 6.61 Å². The van der Waals surface area contributed by atoms with E-state index in [4.69, 9.17) is 9.47 Å². The van der Waals surface area contributed by atoms with Gasteiger partial charge in [-0.25, -0.2) is 0 Å². The van der Waals surface area contributed by atoms with Crippen LogP contribution in [0.3, 0.4) is 0 Å². The highest BCUT2D eigenvalue weighted by Gasteiger charge is 2.15. The Bertz CT molecular complexity index is 1050. The Hall–Kier alpha value is -3.45. The largest absolute Gasteiger partial charge is 0.493 e. The molecule has 0 heterocycles. The van der Waals surface area contributed by atoms with Crippen LogP contribution < -0.4 is 14.8 Å². The second-order valence-electron chi connectivity index (χ2n) is 6.85. The van der Waals surface area contributed by atoms with E-state index in [0.29, 0.717) is 34.3 Å². The summed E-state index contributed by atoms with van der Waals surface area (Å²) in [6.45, 7) is 0.396. The standard InChI is InChI=1S/C24H24N2O4S/c1-26(2)24(28)31-22-12-8-7-11-19(22)25-23(27)18-13-14-20(21(15-18)29-3)30-16-17-9-5-4-6-10-17/h4-15H,16H2,1-3H3,(H,25,27). The quantitative estimate of drug-likeness (QED) is 0.509. The Balaban J connectivity index is 1.73. The number of para-hydroxylation sites is 1. The average molecular weight is 437 g/mol. The normalized spacial score (nSPS) is 10.3. The molecule has 0 aliphatic carbocycles. The number of nitrogens with zero attached hydrogens (tertiary/aromatic N) is 1. The van der Waals surface area contributed by atoms with Crippen LogP contribution in [0.4, 0.5) is 10.5 Å². The summed E-state index contributed by atoms with van der Waals surface area (Å²) < 4.78 is 11.3. The summed E-state index contributed by atoms with van der Waals surface area (Å²) in [5.74, 6) is 0.711. The first-order chi connectivity index (χ1) is 15.0. The van der Waals surface area contributed by atoms with Crippen LogP contribution in [0, 0.1) is 0 Å². The van der Waals surface area contributed by atoms with Crippen LogP contribution in [0.15, 0.2) is 77.7 Å². The Morgan fingerprint density at radius 3 is 2.35 bits per heavy atom. The number of carbonyl (C=O) groups excluding carboxylic acids is 2. The van der Waals surface area contributed by atoms with Crippen molar-refractivity contribution in [3.63, 3.8) is 0 Å². The van der Waals surface area contributed by atoms with Crippen LogP contribution in [0.25, 0.3) is 0 Å². The van der Waals surface area contributed by atoms with Crippen molar-refractivity contribution in [2.24, 2.45) is 0 Å². The zero-order chi connectivity index (χ0) is 22.2. The highest BCUT2D eigenvalue weighted by molar-refractivity contribution is 8.13. The minimum absolute atomic E-state index is 0.122. The van der Waals surface area contributed by atoms with Crippen LogP contribution in [-0.2, 0) is 6.61 Å². The van der Waals surface area contributed by atoms with Gasteiger partial charge >= 0.3 is 0 Å². The van der Waals surface area contributed by atoms with E-state index in [-0.39, 0.29) is 11.1 Å². The van der Waals surface area contributed by atoms with Crippen molar-refractivity contribution in [1.29, 1.82) is 0 Å². The first-order valence-corrected chi connectivity index (χ1v) is 10.4. The lowest BCUT2D eigenvalue weighted by Gasteiger charge is -2.14. The highest BCUT2D eigenvalue weighted by Crippen LogP contribution is 2.31. The average Bonchev–Trinajstić information content (AvgIpc) is 2.79. The van der Waals surface area contributed by atoms with Gasteiger partial charge in [-0.05, 0) is 47.7 Å². The first kappa shape index (κ1) is 22.2. The van der Waals surface area contributed by atoms with E-state index in [9.17, 15) is 9.59 Å². The summed E-state index contributed by atoms with van der Waals surface area (Å²) >= 11 is 1.06. The van der Waals surface area contributed by atoms with Gasteiger partial charge in [0.25, 0.3) is 11.1 Å². The summed E-state index contributed by atoms with van der Waals surface area (Å²) in [6.07, 6.45) is 0. The van der Waals surface area contributed by atoms with E-state index in [1.54, 1.807) is 50.5 Å². The van der Waals surface area contributed by atoms with E-state index >= 15 is 0 Å². The molecular formula is C24H24N2O4S. The van der Waals surface area contributed by atoms with Crippen molar-refractivity contribution in [1.82, 2.24) is 4.90 Å². The molecular weight excluding hydrogens is 412 g/mol. The monoisotopic (exact) mass is 436 g/mol. The molecule has 0 saturated carbocycles. The molecule has 0 bridgehead atoms. The lowest BCUT2D eigenvalue weighted by Crippen LogP contribution is -2.17. The SMILES string of the molecule is COc1cc(C(=O)Nc2ccccc2SC(=O)N(C)C)ccc1OCc1ccccc1. The lowest BCUT2D eigenvalue weighted by atomic mass is 10.1. The maximum atomic E-state index is 12.8. The van der Waals surface area contributed by atoms with Crippen LogP contribution in [0.2, 0.25) is 0 Å². The zero-order valence-electron chi connectivity index (χ0n) is 17.6. The Labute approximate surface area is 186 Å². The van der Waals surface area contributed by atoms with E-state index < -0.39 is 0 Å². The third-order valence-electron chi connectivity index (χ3n) is 4.36. The topological polar surface area (TPSA) is 67.9 Å². The summed E-state index contributed by atoms with van der Waals surface area (Å²) in [7, 11) is 4.90. The number of hydrogen-bond acceptors (Lipinski definition) is 5. The first-order valence-electron chi connectivity index (χ1n) is 9.62. The molecule has 0 fully saturated rings.